The number of rotatable bonds is 2. The number of nitriles is 1. The van der Waals surface area contributed by atoms with Gasteiger partial charge < -0.3 is 10.0 Å². The molecule has 0 spiro atoms. The van der Waals surface area contributed by atoms with Gasteiger partial charge in [-0.05, 0) is 37.0 Å². The number of nitrogens with zero attached hydrogens (tertiary/aromatic N) is 2. The molecule has 2 aliphatic rings. The number of aliphatic hydroxyl groups is 1. The van der Waals surface area contributed by atoms with Crippen LogP contribution in [0.4, 0.5) is 18.9 Å². The van der Waals surface area contributed by atoms with E-state index in [-0.39, 0.29) is 5.56 Å². The van der Waals surface area contributed by atoms with E-state index in [2.05, 4.69) is 0 Å². The van der Waals surface area contributed by atoms with Crippen molar-refractivity contribution in [3.8, 4) is 6.07 Å². The highest BCUT2D eigenvalue weighted by Gasteiger charge is 2.52. The second-order valence-corrected chi connectivity index (χ2v) is 5.57. The molecule has 0 atom stereocenters. The monoisotopic (exact) mass is 282 g/mol. The predicted octanol–water partition coefficient (Wildman–Crippen LogP) is 2.54. The van der Waals surface area contributed by atoms with Gasteiger partial charge in [0, 0.05) is 18.8 Å². The molecule has 1 saturated carbocycles. The minimum atomic E-state index is -4.54. The highest BCUT2D eigenvalue weighted by Crippen LogP contribution is 2.46. The van der Waals surface area contributed by atoms with Crippen molar-refractivity contribution in [2.45, 2.75) is 24.6 Å². The minimum absolute atomic E-state index is 0.291. The highest BCUT2D eigenvalue weighted by atomic mass is 19.4. The molecule has 0 aromatic heterocycles. The van der Waals surface area contributed by atoms with Gasteiger partial charge in [-0.1, -0.05) is 0 Å². The maximum Gasteiger partial charge on any atom is 0.417 e. The van der Waals surface area contributed by atoms with Crippen molar-refractivity contribution in [2.75, 3.05) is 18.0 Å². The van der Waals surface area contributed by atoms with Crippen LogP contribution >= 0.6 is 0 Å². The summed E-state index contributed by atoms with van der Waals surface area (Å²) in [5, 5.41) is 18.9. The lowest BCUT2D eigenvalue weighted by Gasteiger charge is -2.48. The molecular formula is C14H13F3N2O. The third-order valence-electron chi connectivity index (χ3n) is 4.06. The summed E-state index contributed by atoms with van der Waals surface area (Å²) >= 11 is 0. The van der Waals surface area contributed by atoms with Crippen LogP contribution in [0.2, 0.25) is 0 Å². The Hall–Kier alpha value is -1.74. The van der Waals surface area contributed by atoms with Crippen molar-refractivity contribution in [2.24, 2.45) is 5.92 Å². The summed E-state index contributed by atoms with van der Waals surface area (Å²) in [6, 6.07) is 5.24. The Kier molecular flexibility index (Phi) is 2.73. The smallest absolute Gasteiger partial charge is 0.386 e. The standard InChI is InChI=1S/C14H13F3N2O/c15-14(16,17)12-5-11(4-1-9(12)6-18)19-7-13(20,8-19)10-2-3-10/h1,4-5,10,20H,2-3,7-8H2. The second kappa shape index (κ2) is 4.13. The van der Waals surface area contributed by atoms with Gasteiger partial charge in [-0.15, -0.1) is 0 Å². The highest BCUT2D eigenvalue weighted by molar-refractivity contribution is 5.57. The molecular weight excluding hydrogens is 269 g/mol. The fourth-order valence-corrected chi connectivity index (χ4v) is 2.74. The van der Waals surface area contributed by atoms with Gasteiger partial charge in [0.05, 0.1) is 17.2 Å². The molecule has 20 heavy (non-hydrogen) atoms. The number of hydrogen-bond donors (Lipinski definition) is 1. The van der Waals surface area contributed by atoms with Gasteiger partial charge in [-0.25, -0.2) is 0 Å². The zero-order valence-electron chi connectivity index (χ0n) is 10.6. The lowest BCUT2D eigenvalue weighted by molar-refractivity contribution is -0.137. The Bertz CT molecular complexity index is 581. The molecule has 1 heterocycles. The maximum absolute atomic E-state index is 12.9. The number of halogens is 3. The van der Waals surface area contributed by atoms with Crippen molar-refractivity contribution in [3.63, 3.8) is 0 Å². The zero-order chi connectivity index (χ0) is 14.5. The molecule has 1 aromatic carbocycles. The van der Waals surface area contributed by atoms with Crippen LogP contribution in [0.3, 0.4) is 0 Å². The van der Waals surface area contributed by atoms with E-state index >= 15 is 0 Å². The number of benzene rings is 1. The van der Waals surface area contributed by atoms with E-state index in [9.17, 15) is 18.3 Å². The Morgan fingerprint density at radius 1 is 1.30 bits per heavy atom. The number of β-amino-alcohol motifs (C(OH)–C–C–N with tert-alkyl or cyclic N) is 1. The van der Waals surface area contributed by atoms with E-state index in [4.69, 9.17) is 5.26 Å². The van der Waals surface area contributed by atoms with Gasteiger partial charge in [0.1, 0.15) is 5.60 Å². The molecule has 106 valence electrons. The summed E-state index contributed by atoms with van der Waals surface area (Å²) in [7, 11) is 0. The Balaban J connectivity index is 1.84. The molecule has 0 amide bonds. The molecule has 2 fully saturated rings. The summed E-state index contributed by atoms with van der Waals surface area (Å²) in [6.45, 7) is 0.724. The van der Waals surface area contributed by atoms with Gasteiger partial charge in [0.25, 0.3) is 0 Å². The predicted molar refractivity (Wildman–Crippen MR) is 66.0 cm³/mol. The van der Waals surface area contributed by atoms with E-state index in [1.54, 1.807) is 11.0 Å². The topological polar surface area (TPSA) is 47.3 Å². The summed E-state index contributed by atoms with van der Waals surface area (Å²) in [5.74, 6) is 0.291. The zero-order valence-corrected chi connectivity index (χ0v) is 10.6. The molecule has 1 aliphatic heterocycles. The van der Waals surface area contributed by atoms with Crippen LogP contribution in [0.5, 0.6) is 0 Å². The summed E-state index contributed by atoms with van der Waals surface area (Å²) < 4.78 is 38.6. The molecule has 1 N–H and O–H groups in total. The molecule has 3 rings (SSSR count). The second-order valence-electron chi connectivity index (χ2n) is 5.57. The van der Waals surface area contributed by atoms with E-state index < -0.39 is 17.3 Å². The van der Waals surface area contributed by atoms with Gasteiger partial charge in [0.2, 0.25) is 0 Å². The van der Waals surface area contributed by atoms with Crippen LogP contribution in [0, 0.1) is 17.2 Å². The average Bonchev–Trinajstić information content (AvgIpc) is 3.17. The minimum Gasteiger partial charge on any atom is -0.386 e. The van der Waals surface area contributed by atoms with Crippen LogP contribution in [0.1, 0.15) is 24.0 Å². The van der Waals surface area contributed by atoms with Gasteiger partial charge in [0.15, 0.2) is 0 Å². The fraction of sp³-hybridized carbons (Fsp3) is 0.500. The van der Waals surface area contributed by atoms with E-state index in [0.717, 1.165) is 18.9 Å². The van der Waals surface area contributed by atoms with Gasteiger partial charge >= 0.3 is 6.18 Å². The Labute approximate surface area is 114 Å². The Morgan fingerprint density at radius 2 is 1.95 bits per heavy atom. The van der Waals surface area contributed by atoms with Crippen LogP contribution < -0.4 is 4.90 Å². The summed E-state index contributed by atoms with van der Waals surface area (Å²) in [5.41, 5.74) is -1.63. The molecule has 0 bridgehead atoms. The van der Waals surface area contributed by atoms with Gasteiger partial charge in [-0.3, -0.25) is 0 Å². The summed E-state index contributed by atoms with van der Waals surface area (Å²) in [4.78, 5) is 1.72. The van der Waals surface area contributed by atoms with Crippen molar-refractivity contribution in [1.29, 1.82) is 5.26 Å². The molecule has 6 heteroatoms. The van der Waals surface area contributed by atoms with Gasteiger partial charge in [-0.2, -0.15) is 18.4 Å². The van der Waals surface area contributed by atoms with Crippen LogP contribution in [0.25, 0.3) is 0 Å². The molecule has 1 aliphatic carbocycles. The SMILES string of the molecule is N#Cc1ccc(N2CC(O)(C3CC3)C2)cc1C(F)(F)F. The average molecular weight is 282 g/mol. The number of alkyl halides is 3. The van der Waals surface area contributed by atoms with E-state index in [1.807, 2.05) is 0 Å². The van der Waals surface area contributed by atoms with Crippen LogP contribution in [0.15, 0.2) is 18.2 Å². The summed E-state index contributed by atoms with van der Waals surface area (Å²) in [6.07, 6.45) is -2.56. The molecule has 3 nitrogen and oxygen atoms in total. The first kappa shape index (κ1) is 13.3. The quantitative estimate of drug-likeness (QED) is 0.906. The van der Waals surface area contributed by atoms with Crippen molar-refractivity contribution in [1.82, 2.24) is 0 Å². The molecule has 1 saturated heterocycles. The molecule has 0 radical (unpaired) electrons. The maximum atomic E-state index is 12.9. The van der Waals surface area contributed by atoms with Crippen LogP contribution in [-0.2, 0) is 6.18 Å². The number of anilines is 1. The third kappa shape index (κ3) is 2.12. The van der Waals surface area contributed by atoms with E-state index in [0.29, 0.717) is 24.7 Å². The van der Waals surface area contributed by atoms with Crippen molar-refractivity contribution < 1.29 is 18.3 Å². The lowest BCUT2D eigenvalue weighted by Crippen LogP contribution is -2.63. The van der Waals surface area contributed by atoms with Crippen molar-refractivity contribution in [3.05, 3.63) is 29.3 Å². The largest absolute Gasteiger partial charge is 0.417 e. The fourth-order valence-electron chi connectivity index (χ4n) is 2.74. The van der Waals surface area contributed by atoms with Crippen LogP contribution in [-0.4, -0.2) is 23.8 Å². The van der Waals surface area contributed by atoms with E-state index in [1.165, 1.54) is 12.1 Å². The first-order chi connectivity index (χ1) is 9.33. The Morgan fingerprint density at radius 3 is 2.45 bits per heavy atom. The molecule has 0 unspecified atom stereocenters. The molecule has 1 aromatic rings. The number of hydrogen-bond acceptors (Lipinski definition) is 3. The first-order valence-corrected chi connectivity index (χ1v) is 6.42. The van der Waals surface area contributed by atoms with Crippen molar-refractivity contribution >= 4 is 5.69 Å². The first-order valence-electron chi connectivity index (χ1n) is 6.42. The normalized spacial score (nSPS) is 21.2. The lowest BCUT2D eigenvalue weighted by atomic mass is 9.88. The third-order valence-corrected chi connectivity index (χ3v) is 4.06.